The van der Waals surface area contributed by atoms with E-state index in [-0.39, 0.29) is 24.4 Å². The van der Waals surface area contributed by atoms with Crippen LogP contribution in [-0.2, 0) is 22.6 Å². The van der Waals surface area contributed by atoms with Crippen LogP contribution in [0.1, 0.15) is 53.7 Å². The number of hydrogen-bond donors (Lipinski definition) is 0. The lowest BCUT2D eigenvalue weighted by atomic mass is 9.94. The fourth-order valence-corrected chi connectivity index (χ4v) is 5.61. The molecule has 1 aromatic heterocycles. The van der Waals surface area contributed by atoms with Crippen LogP contribution in [-0.4, -0.2) is 73.2 Å². The molecular formula is C32H40BrN3O5. The lowest BCUT2D eigenvalue weighted by molar-refractivity contribution is -0.135. The molecule has 1 aliphatic carbocycles. The van der Waals surface area contributed by atoms with Crippen molar-refractivity contribution in [3.05, 3.63) is 82.1 Å². The predicted octanol–water partition coefficient (Wildman–Crippen LogP) is 5.77. The third-order valence-electron chi connectivity index (χ3n) is 7.63. The molecular weight excluding hydrogens is 586 g/mol. The average Bonchev–Trinajstić information content (AvgIpc) is 3.45. The van der Waals surface area contributed by atoms with Gasteiger partial charge in [0.2, 0.25) is 5.91 Å². The summed E-state index contributed by atoms with van der Waals surface area (Å²) in [7, 11) is 4.68. The Kier molecular flexibility index (Phi) is 11.3. The first-order chi connectivity index (χ1) is 19.9. The molecule has 0 saturated heterocycles. The predicted molar refractivity (Wildman–Crippen MR) is 162 cm³/mol. The van der Waals surface area contributed by atoms with E-state index in [0.29, 0.717) is 36.8 Å². The number of carbonyl (C=O) groups excluding carboxylic acids is 2. The molecule has 2 amide bonds. The molecule has 0 radical (unpaired) electrons. The van der Waals surface area contributed by atoms with E-state index < -0.39 is 0 Å². The van der Waals surface area contributed by atoms with Crippen molar-refractivity contribution in [1.82, 2.24) is 14.4 Å². The minimum atomic E-state index is -0.269. The molecule has 1 aliphatic rings. The van der Waals surface area contributed by atoms with Crippen LogP contribution in [0.4, 0.5) is 0 Å². The summed E-state index contributed by atoms with van der Waals surface area (Å²) in [6.07, 6.45) is 7.39. The van der Waals surface area contributed by atoms with Gasteiger partial charge in [0.15, 0.2) is 0 Å². The van der Waals surface area contributed by atoms with Gasteiger partial charge in [0, 0.05) is 54.2 Å². The van der Waals surface area contributed by atoms with E-state index in [1.807, 2.05) is 23.1 Å². The van der Waals surface area contributed by atoms with Gasteiger partial charge in [-0.1, -0.05) is 47.3 Å². The minimum absolute atomic E-state index is 0.0361. The largest absolute Gasteiger partial charge is 0.497 e. The Morgan fingerprint density at radius 2 is 1.63 bits per heavy atom. The SMILES string of the molecule is COCCN(CC(=O)N(Cc1cccn1Cc1ccc(Br)cc1)C1CCCCC1)C(=O)c1cc(OC)cc(OC)c1. The summed E-state index contributed by atoms with van der Waals surface area (Å²) in [6, 6.07) is 17.6. The van der Waals surface area contributed by atoms with E-state index in [0.717, 1.165) is 42.4 Å². The van der Waals surface area contributed by atoms with Crippen molar-refractivity contribution < 1.29 is 23.8 Å². The molecule has 41 heavy (non-hydrogen) atoms. The van der Waals surface area contributed by atoms with Gasteiger partial charge < -0.3 is 28.6 Å². The van der Waals surface area contributed by atoms with Gasteiger partial charge in [-0.15, -0.1) is 0 Å². The number of methoxy groups -OCH3 is 3. The van der Waals surface area contributed by atoms with Gasteiger partial charge >= 0.3 is 0 Å². The normalized spacial score (nSPS) is 13.6. The maximum Gasteiger partial charge on any atom is 0.254 e. The second kappa shape index (κ2) is 15.1. The van der Waals surface area contributed by atoms with Gasteiger partial charge in [-0.2, -0.15) is 0 Å². The van der Waals surface area contributed by atoms with Crippen LogP contribution in [0.2, 0.25) is 0 Å². The van der Waals surface area contributed by atoms with E-state index in [1.54, 1.807) is 44.4 Å². The fraction of sp³-hybridized carbons (Fsp3) is 0.438. The van der Waals surface area contributed by atoms with Gasteiger partial charge in [-0.25, -0.2) is 0 Å². The number of carbonyl (C=O) groups is 2. The average molecular weight is 627 g/mol. The Hall–Kier alpha value is -3.30. The van der Waals surface area contributed by atoms with Crippen LogP contribution in [0.3, 0.4) is 0 Å². The van der Waals surface area contributed by atoms with Crippen molar-refractivity contribution in [2.45, 2.75) is 51.2 Å². The molecule has 0 unspecified atom stereocenters. The van der Waals surface area contributed by atoms with Crippen molar-refractivity contribution in [2.75, 3.05) is 41.0 Å². The second-order valence-electron chi connectivity index (χ2n) is 10.4. The van der Waals surface area contributed by atoms with Gasteiger partial charge in [0.1, 0.15) is 18.0 Å². The van der Waals surface area contributed by atoms with Crippen molar-refractivity contribution in [2.24, 2.45) is 0 Å². The van der Waals surface area contributed by atoms with Gasteiger partial charge in [0.25, 0.3) is 5.91 Å². The smallest absolute Gasteiger partial charge is 0.254 e. The van der Waals surface area contributed by atoms with Crippen molar-refractivity contribution in [1.29, 1.82) is 0 Å². The Morgan fingerprint density at radius 3 is 2.27 bits per heavy atom. The summed E-state index contributed by atoms with van der Waals surface area (Å²) >= 11 is 3.51. The summed E-state index contributed by atoms with van der Waals surface area (Å²) < 4.78 is 19.3. The lowest BCUT2D eigenvalue weighted by Gasteiger charge is -2.36. The summed E-state index contributed by atoms with van der Waals surface area (Å²) in [5.41, 5.74) is 2.66. The number of benzene rings is 2. The molecule has 4 rings (SSSR count). The number of rotatable bonds is 13. The summed E-state index contributed by atoms with van der Waals surface area (Å²) in [4.78, 5) is 31.3. The van der Waals surface area contributed by atoms with E-state index in [2.05, 4.69) is 44.9 Å². The standard InChI is InChI=1S/C32H40BrN3O5/c1-39-17-16-35(32(38)25-18-29(40-2)20-30(19-25)41-3)23-31(37)36(27-8-5-4-6-9-27)22-28-10-7-15-34(28)21-24-11-13-26(33)14-12-24/h7,10-15,18-20,27H,4-6,8-9,16-17,21-23H2,1-3H3. The Bertz CT molecular complexity index is 1260. The maximum atomic E-state index is 14.1. The molecule has 0 aliphatic heterocycles. The molecule has 1 fully saturated rings. The van der Waals surface area contributed by atoms with Crippen LogP contribution in [0, 0.1) is 0 Å². The van der Waals surface area contributed by atoms with Crippen LogP contribution in [0.25, 0.3) is 0 Å². The topological polar surface area (TPSA) is 73.2 Å². The summed E-state index contributed by atoms with van der Waals surface area (Å²) in [5.74, 6) is 0.699. The van der Waals surface area contributed by atoms with E-state index >= 15 is 0 Å². The number of aromatic nitrogens is 1. The molecule has 9 heteroatoms. The van der Waals surface area contributed by atoms with E-state index in [4.69, 9.17) is 14.2 Å². The molecule has 0 N–H and O–H groups in total. The van der Waals surface area contributed by atoms with Crippen LogP contribution < -0.4 is 9.47 Å². The van der Waals surface area contributed by atoms with Crippen molar-refractivity contribution in [3.8, 4) is 11.5 Å². The lowest BCUT2D eigenvalue weighted by Crippen LogP contribution is -2.48. The molecule has 0 bridgehead atoms. The summed E-state index contributed by atoms with van der Waals surface area (Å²) in [5, 5.41) is 0. The zero-order valence-electron chi connectivity index (χ0n) is 24.2. The van der Waals surface area contributed by atoms with Crippen LogP contribution >= 0.6 is 15.9 Å². The number of amides is 2. The monoisotopic (exact) mass is 625 g/mol. The number of ether oxygens (including phenoxy) is 3. The van der Waals surface area contributed by atoms with Crippen molar-refractivity contribution >= 4 is 27.7 Å². The summed E-state index contributed by atoms with van der Waals surface area (Å²) in [6.45, 7) is 1.79. The maximum absolute atomic E-state index is 14.1. The molecule has 1 saturated carbocycles. The van der Waals surface area contributed by atoms with Crippen molar-refractivity contribution in [3.63, 3.8) is 0 Å². The van der Waals surface area contributed by atoms with E-state index in [1.165, 1.54) is 12.0 Å². The van der Waals surface area contributed by atoms with Crippen LogP contribution in [0.5, 0.6) is 11.5 Å². The highest BCUT2D eigenvalue weighted by molar-refractivity contribution is 9.10. The number of hydrogen-bond acceptors (Lipinski definition) is 5. The second-order valence-corrected chi connectivity index (χ2v) is 11.3. The molecule has 1 heterocycles. The van der Waals surface area contributed by atoms with Gasteiger partial charge in [-0.3, -0.25) is 9.59 Å². The van der Waals surface area contributed by atoms with Gasteiger partial charge in [0.05, 0.1) is 27.4 Å². The highest BCUT2D eigenvalue weighted by atomic mass is 79.9. The zero-order valence-corrected chi connectivity index (χ0v) is 25.8. The third-order valence-corrected chi connectivity index (χ3v) is 8.16. The molecule has 8 nitrogen and oxygen atoms in total. The van der Waals surface area contributed by atoms with Gasteiger partial charge in [-0.05, 0) is 54.8 Å². The molecule has 0 atom stereocenters. The minimum Gasteiger partial charge on any atom is -0.497 e. The number of halogens is 1. The Morgan fingerprint density at radius 1 is 0.951 bits per heavy atom. The highest BCUT2D eigenvalue weighted by Crippen LogP contribution is 2.26. The zero-order chi connectivity index (χ0) is 29.2. The molecule has 0 spiro atoms. The Balaban J connectivity index is 1.57. The number of nitrogens with zero attached hydrogens (tertiary/aromatic N) is 3. The third kappa shape index (κ3) is 8.36. The Labute approximate surface area is 251 Å². The first-order valence-electron chi connectivity index (χ1n) is 14.1. The first kappa shape index (κ1) is 30.7. The quantitative estimate of drug-likeness (QED) is 0.241. The van der Waals surface area contributed by atoms with Crippen LogP contribution in [0.15, 0.2) is 65.3 Å². The highest BCUT2D eigenvalue weighted by Gasteiger charge is 2.29. The molecule has 2 aromatic carbocycles. The fourth-order valence-electron chi connectivity index (χ4n) is 5.34. The molecule has 3 aromatic rings. The molecule has 220 valence electrons. The first-order valence-corrected chi connectivity index (χ1v) is 14.9. The van der Waals surface area contributed by atoms with E-state index in [9.17, 15) is 9.59 Å².